The third kappa shape index (κ3) is 2.71. The molecule has 3 nitrogen and oxygen atoms in total. The molecule has 0 saturated carbocycles. The Morgan fingerprint density at radius 2 is 2.05 bits per heavy atom. The first-order valence-corrected chi connectivity index (χ1v) is 8.31. The maximum atomic E-state index is 12.5. The first kappa shape index (κ1) is 13.3. The molecule has 1 N–H and O–H groups in total. The number of benzene rings is 1. The molecule has 2 unspecified atom stereocenters. The van der Waals surface area contributed by atoms with Gasteiger partial charge in [0.15, 0.2) is 0 Å². The largest absolute Gasteiger partial charge is 0.493 e. The summed E-state index contributed by atoms with van der Waals surface area (Å²) in [6, 6.07) is 7.61. The van der Waals surface area contributed by atoms with Gasteiger partial charge >= 0.3 is 0 Å². The molecule has 0 aliphatic carbocycles. The van der Waals surface area contributed by atoms with Crippen LogP contribution in [0.2, 0.25) is 0 Å². The van der Waals surface area contributed by atoms with Crippen LogP contribution in [0.4, 0.5) is 0 Å². The quantitative estimate of drug-likeness (QED) is 0.924. The van der Waals surface area contributed by atoms with Crippen molar-refractivity contribution in [3.8, 4) is 5.75 Å². The van der Waals surface area contributed by atoms with E-state index in [1.54, 1.807) is 0 Å². The van der Waals surface area contributed by atoms with Crippen molar-refractivity contribution in [3.63, 3.8) is 0 Å². The minimum absolute atomic E-state index is 0.307. The number of nitrogens with one attached hydrogen (secondary N) is 1. The number of piperidine rings is 1. The summed E-state index contributed by atoms with van der Waals surface area (Å²) in [7, 11) is 0. The molecular weight excluding hydrogens is 262 g/mol. The van der Waals surface area contributed by atoms with E-state index >= 15 is 0 Å². The maximum absolute atomic E-state index is 12.5. The standard InChI is InChI=1S/C18H23NO2/c20-17(14-10-15-3-4-16(11-14)19-15)5-1-12-2-6-18-13(9-12)7-8-21-18/h2,6,9,14-16,19H,1,3-5,7-8,10-11H2. The van der Waals surface area contributed by atoms with Gasteiger partial charge in [-0.3, -0.25) is 4.79 Å². The molecule has 2 atom stereocenters. The number of rotatable bonds is 4. The lowest BCUT2D eigenvalue weighted by Crippen LogP contribution is -2.40. The molecule has 1 aromatic rings. The zero-order valence-corrected chi connectivity index (χ0v) is 12.4. The molecule has 3 heteroatoms. The van der Waals surface area contributed by atoms with E-state index in [9.17, 15) is 4.79 Å². The number of ether oxygens (including phenoxy) is 1. The van der Waals surface area contributed by atoms with Crippen molar-refractivity contribution in [2.24, 2.45) is 5.92 Å². The number of Topliss-reactive ketones (excluding diaryl/α,β-unsaturated/α-hetero) is 1. The molecule has 0 spiro atoms. The lowest BCUT2D eigenvalue weighted by molar-refractivity contribution is -0.124. The van der Waals surface area contributed by atoms with E-state index in [2.05, 4.69) is 23.5 Å². The lowest BCUT2D eigenvalue weighted by atomic mass is 9.86. The van der Waals surface area contributed by atoms with E-state index in [-0.39, 0.29) is 0 Å². The van der Waals surface area contributed by atoms with Crippen LogP contribution in [0.5, 0.6) is 5.75 Å². The fraction of sp³-hybridized carbons (Fsp3) is 0.611. The second-order valence-corrected chi connectivity index (χ2v) is 6.81. The molecule has 0 aromatic heterocycles. The Labute approximate surface area is 126 Å². The van der Waals surface area contributed by atoms with Gasteiger partial charge in [-0.15, -0.1) is 0 Å². The summed E-state index contributed by atoms with van der Waals surface area (Å²) >= 11 is 0. The summed E-state index contributed by atoms with van der Waals surface area (Å²) < 4.78 is 5.53. The van der Waals surface area contributed by atoms with Crippen LogP contribution in [-0.4, -0.2) is 24.5 Å². The molecule has 2 bridgehead atoms. The van der Waals surface area contributed by atoms with Gasteiger partial charge < -0.3 is 10.1 Å². The average molecular weight is 285 g/mol. The summed E-state index contributed by atoms with van der Waals surface area (Å²) in [6.45, 7) is 0.801. The summed E-state index contributed by atoms with van der Waals surface area (Å²) in [5.41, 5.74) is 2.59. The minimum Gasteiger partial charge on any atom is -0.493 e. The van der Waals surface area contributed by atoms with Gasteiger partial charge in [0.25, 0.3) is 0 Å². The SMILES string of the molecule is O=C(CCc1ccc2c(c1)CCO2)C1CC2CCC(C1)N2. The molecule has 3 aliphatic rings. The smallest absolute Gasteiger partial charge is 0.136 e. The van der Waals surface area contributed by atoms with Crippen LogP contribution < -0.4 is 10.1 Å². The fourth-order valence-corrected chi connectivity index (χ4v) is 4.19. The van der Waals surface area contributed by atoms with Crippen molar-refractivity contribution in [3.05, 3.63) is 29.3 Å². The topological polar surface area (TPSA) is 38.3 Å². The van der Waals surface area contributed by atoms with Crippen molar-refractivity contribution in [1.29, 1.82) is 0 Å². The summed E-state index contributed by atoms with van der Waals surface area (Å²) in [4.78, 5) is 12.5. The molecule has 4 rings (SSSR count). The van der Waals surface area contributed by atoms with Crippen LogP contribution in [0.1, 0.15) is 43.2 Å². The first-order valence-electron chi connectivity index (χ1n) is 8.31. The Balaban J connectivity index is 1.35. The van der Waals surface area contributed by atoms with Gasteiger partial charge in [0.05, 0.1) is 6.61 Å². The third-order valence-corrected chi connectivity index (χ3v) is 5.34. The number of ketones is 1. The number of aryl methyl sites for hydroxylation is 1. The van der Waals surface area contributed by atoms with Crippen molar-refractivity contribution in [2.75, 3.05) is 6.61 Å². The molecule has 2 fully saturated rings. The summed E-state index contributed by atoms with van der Waals surface area (Å²) in [5, 5.41) is 3.61. The maximum Gasteiger partial charge on any atom is 0.136 e. The van der Waals surface area contributed by atoms with Crippen LogP contribution in [-0.2, 0) is 17.6 Å². The molecule has 112 valence electrons. The molecule has 0 radical (unpaired) electrons. The van der Waals surface area contributed by atoms with Crippen LogP contribution in [0.15, 0.2) is 18.2 Å². The van der Waals surface area contributed by atoms with Gasteiger partial charge in [0.2, 0.25) is 0 Å². The average Bonchev–Trinajstić information content (AvgIpc) is 3.10. The zero-order chi connectivity index (χ0) is 14.2. The van der Waals surface area contributed by atoms with Crippen LogP contribution in [0.25, 0.3) is 0 Å². The predicted octanol–water partition coefficient (Wildman–Crippen LogP) is 2.65. The van der Waals surface area contributed by atoms with E-state index in [1.807, 2.05) is 0 Å². The molecule has 3 aliphatic heterocycles. The van der Waals surface area contributed by atoms with E-state index in [1.165, 1.54) is 24.0 Å². The van der Waals surface area contributed by atoms with Gasteiger partial charge in [-0.1, -0.05) is 12.1 Å². The monoisotopic (exact) mass is 285 g/mol. The predicted molar refractivity (Wildman–Crippen MR) is 81.6 cm³/mol. The molecular formula is C18H23NO2. The molecule has 3 heterocycles. The van der Waals surface area contributed by atoms with Gasteiger partial charge in [-0.05, 0) is 49.3 Å². The Morgan fingerprint density at radius 1 is 1.24 bits per heavy atom. The second-order valence-electron chi connectivity index (χ2n) is 6.81. The second kappa shape index (κ2) is 5.45. The van der Waals surface area contributed by atoms with Crippen LogP contribution >= 0.6 is 0 Å². The summed E-state index contributed by atoms with van der Waals surface area (Å²) in [6.07, 6.45) is 7.24. The highest BCUT2D eigenvalue weighted by atomic mass is 16.5. The highest BCUT2D eigenvalue weighted by Gasteiger charge is 2.36. The highest BCUT2D eigenvalue weighted by molar-refractivity contribution is 5.81. The Hall–Kier alpha value is -1.35. The van der Waals surface area contributed by atoms with Crippen molar-refractivity contribution >= 4 is 5.78 Å². The lowest BCUT2D eigenvalue weighted by Gasteiger charge is -2.28. The number of hydrogen-bond acceptors (Lipinski definition) is 3. The normalized spacial score (nSPS) is 30.0. The van der Waals surface area contributed by atoms with E-state index in [0.29, 0.717) is 30.2 Å². The van der Waals surface area contributed by atoms with Crippen molar-refractivity contribution in [2.45, 2.75) is 57.0 Å². The van der Waals surface area contributed by atoms with Crippen LogP contribution in [0.3, 0.4) is 0 Å². The number of carbonyl (C=O) groups is 1. The van der Waals surface area contributed by atoms with E-state index < -0.39 is 0 Å². The van der Waals surface area contributed by atoms with E-state index in [0.717, 1.165) is 38.0 Å². The van der Waals surface area contributed by atoms with E-state index in [4.69, 9.17) is 4.74 Å². The Bertz CT molecular complexity index is 542. The number of hydrogen-bond donors (Lipinski definition) is 1. The molecule has 1 aromatic carbocycles. The number of fused-ring (bicyclic) bond motifs is 3. The van der Waals surface area contributed by atoms with Gasteiger partial charge in [-0.2, -0.15) is 0 Å². The Morgan fingerprint density at radius 3 is 2.86 bits per heavy atom. The van der Waals surface area contributed by atoms with Crippen LogP contribution in [0, 0.1) is 5.92 Å². The Kier molecular flexibility index (Phi) is 3.46. The molecule has 2 saturated heterocycles. The zero-order valence-electron chi connectivity index (χ0n) is 12.4. The minimum atomic E-state index is 0.307. The molecule has 0 amide bonds. The number of carbonyl (C=O) groups excluding carboxylic acids is 1. The van der Waals surface area contributed by atoms with Crippen molar-refractivity contribution in [1.82, 2.24) is 5.32 Å². The van der Waals surface area contributed by atoms with Gasteiger partial charge in [0.1, 0.15) is 11.5 Å². The molecule has 21 heavy (non-hydrogen) atoms. The third-order valence-electron chi connectivity index (χ3n) is 5.34. The summed E-state index contributed by atoms with van der Waals surface area (Å²) in [5.74, 6) is 1.81. The first-order chi connectivity index (χ1) is 10.3. The van der Waals surface area contributed by atoms with Gasteiger partial charge in [0, 0.05) is 30.8 Å². The van der Waals surface area contributed by atoms with Gasteiger partial charge in [-0.25, -0.2) is 0 Å². The highest BCUT2D eigenvalue weighted by Crippen LogP contribution is 2.32. The van der Waals surface area contributed by atoms with Crippen molar-refractivity contribution < 1.29 is 9.53 Å². The fourth-order valence-electron chi connectivity index (χ4n) is 4.19.